The Morgan fingerprint density at radius 1 is 0.938 bits per heavy atom. The minimum Gasteiger partial charge on any atom is -0.454 e. The number of fused-ring (bicyclic) bond motifs is 1. The zero-order valence-electron chi connectivity index (χ0n) is 17.9. The Labute approximate surface area is 187 Å². The van der Waals surface area contributed by atoms with E-state index < -0.39 is 0 Å². The third-order valence-corrected chi connectivity index (χ3v) is 6.08. The van der Waals surface area contributed by atoms with Crippen LogP contribution in [0.15, 0.2) is 60.7 Å². The predicted octanol–water partition coefficient (Wildman–Crippen LogP) is 3.59. The standard InChI is InChI=1S/C25H26N4O3/c30-25(26-16-20-6-8-22-23(15-20)32-17-31-22)21-7-9-24(28-27-21)29-12-10-19(11-13-29)14-18-4-2-1-3-5-18/h1-9,15,19H,10-14,16-17H2,(H,26,30). The van der Waals surface area contributed by atoms with Gasteiger partial charge in [-0.15, -0.1) is 10.2 Å². The predicted molar refractivity (Wildman–Crippen MR) is 121 cm³/mol. The lowest BCUT2D eigenvalue weighted by Crippen LogP contribution is -2.35. The van der Waals surface area contributed by atoms with Gasteiger partial charge in [0.2, 0.25) is 6.79 Å². The zero-order chi connectivity index (χ0) is 21.8. The normalized spacial score (nSPS) is 15.6. The smallest absolute Gasteiger partial charge is 0.272 e. The van der Waals surface area contributed by atoms with Crippen molar-refractivity contribution in [2.45, 2.75) is 25.8 Å². The van der Waals surface area contributed by atoms with Crippen molar-refractivity contribution in [3.05, 3.63) is 77.5 Å². The number of anilines is 1. The van der Waals surface area contributed by atoms with Gasteiger partial charge in [0.15, 0.2) is 23.0 Å². The Morgan fingerprint density at radius 2 is 1.75 bits per heavy atom. The highest BCUT2D eigenvalue weighted by Gasteiger charge is 2.21. The molecule has 2 aliphatic rings. The molecule has 7 nitrogen and oxygen atoms in total. The van der Waals surface area contributed by atoms with Crippen LogP contribution in [-0.2, 0) is 13.0 Å². The van der Waals surface area contributed by atoms with E-state index in [1.165, 1.54) is 5.56 Å². The maximum absolute atomic E-state index is 12.5. The number of rotatable bonds is 6. The van der Waals surface area contributed by atoms with Gasteiger partial charge in [-0.05, 0) is 60.6 Å². The number of hydrogen-bond acceptors (Lipinski definition) is 6. The largest absolute Gasteiger partial charge is 0.454 e. The lowest BCUT2D eigenvalue weighted by Gasteiger charge is -2.32. The monoisotopic (exact) mass is 430 g/mol. The maximum atomic E-state index is 12.5. The van der Waals surface area contributed by atoms with Gasteiger partial charge in [-0.3, -0.25) is 4.79 Å². The lowest BCUT2D eigenvalue weighted by molar-refractivity contribution is 0.0945. The van der Waals surface area contributed by atoms with E-state index in [9.17, 15) is 4.79 Å². The third kappa shape index (κ3) is 4.66. The first-order valence-corrected chi connectivity index (χ1v) is 11.0. The summed E-state index contributed by atoms with van der Waals surface area (Å²) in [6.07, 6.45) is 3.39. The maximum Gasteiger partial charge on any atom is 0.272 e. The quantitative estimate of drug-likeness (QED) is 0.644. The number of carbonyl (C=O) groups excluding carboxylic acids is 1. The number of ether oxygens (including phenoxy) is 2. The molecule has 32 heavy (non-hydrogen) atoms. The van der Waals surface area contributed by atoms with E-state index in [4.69, 9.17) is 9.47 Å². The van der Waals surface area contributed by atoms with Crippen LogP contribution in [0.2, 0.25) is 0 Å². The fourth-order valence-electron chi connectivity index (χ4n) is 4.25. The Morgan fingerprint density at radius 3 is 2.53 bits per heavy atom. The van der Waals surface area contributed by atoms with Crippen LogP contribution in [0.5, 0.6) is 11.5 Å². The lowest BCUT2D eigenvalue weighted by atomic mass is 9.90. The van der Waals surface area contributed by atoms with Crippen LogP contribution in [0.25, 0.3) is 0 Å². The Hall–Kier alpha value is -3.61. The summed E-state index contributed by atoms with van der Waals surface area (Å²) in [6.45, 7) is 2.54. The SMILES string of the molecule is O=C(NCc1ccc2c(c1)OCO2)c1ccc(N2CCC(Cc3ccccc3)CC2)nn1. The second-order valence-corrected chi connectivity index (χ2v) is 8.27. The van der Waals surface area contributed by atoms with E-state index in [-0.39, 0.29) is 12.7 Å². The number of nitrogens with zero attached hydrogens (tertiary/aromatic N) is 3. The van der Waals surface area contributed by atoms with Gasteiger partial charge in [0, 0.05) is 19.6 Å². The average Bonchev–Trinajstić information content (AvgIpc) is 3.32. The van der Waals surface area contributed by atoms with Gasteiger partial charge in [0.1, 0.15) is 0 Å². The molecule has 2 aliphatic heterocycles. The first-order chi connectivity index (χ1) is 15.7. The summed E-state index contributed by atoms with van der Waals surface area (Å²) in [5.41, 5.74) is 2.65. The van der Waals surface area contributed by atoms with Crippen molar-refractivity contribution in [3.63, 3.8) is 0 Å². The number of amides is 1. The molecule has 1 N–H and O–H groups in total. The fourth-order valence-corrected chi connectivity index (χ4v) is 4.25. The Bertz CT molecular complexity index is 1060. The van der Waals surface area contributed by atoms with Gasteiger partial charge >= 0.3 is 0 Å². The number of nitrogens with one attached hydrogen (secondary N) is 1. The highest BCUT2D eigenvalue weighted by Crippen LogP contribution is 2.32. The molecule has 164 valence electrons. The summed E-state index contributed by atoms with van der Waals surface area (Å²) in [7, 11) is 0. The highest BCUT2D eigenvalue weighted by atomic mass is 16.7. The summed E-state index contributed by atoms with van der Waals surface area (Å²) < 4.78 is 10.7. The van der Waals surface area contributed by atoms with Gasteiger partial charge in [-0.2, -0.15) is 0 Å². The highest BCUT2D eigenvalue weighted by molar-refractivity contribution is 5.92. The van der Waals surface area contributed by atoms with Crippen LogP contribution in [0.4, 0.5) is 5.82 Å². The van der Waals surface area contributed by atoms with Crippen molar-refractivity contribution in [3.8, 4) is 11.5 Å². The van der Waals surface area contributed by atoms with Gasteiger partial charge in [-0.1, -0.05) is 36.4 Å². The van der Waals surface area contributed by atoms with Crippen LogP contribution in [0, 0.1) is 5.92 Å². The van der Waals surface area contributed by atoms with Crippen molar-refractivity contribution in [1.82, 2.24) is 15.5 Å². The topological polar surface area (TPSA) is 76.6 Å². The first-order valence-electron chi connectivity index (χ1n) is 11.0. The Balaban J connectivity index is 1.12. The van der Waals surface area contributed by atoms with E-state index in [0.717, 1.165) is 49.5 Å². The molecule has 0 spiro atoms. The van der Waals surface area contributed by atoms with Crippen molar-refractivity contribution < 1.29 is 14.3 Å². The fraction of sp³-hybridized carbons (Fsp3) is 0.320. The summed E-state index contributed by atoms with van der Waals surface area (Å²) in [5, 5.41) is 11.4. The van der Waals surface area contributed by atoms with Crippen LogP contribution in [0.3, 0.4) is 0 Å². The molecule has 0 saturated carbocycles. The molecule has 0 atom stereocenters. The van der Waals surface area contributed by atoms with E-state index in [1.54, 1.807) is 6.07 Å². The molecule has 2 aromatic carbocycles. The molecule has 1 fully saturated rings. The van der Waals surface area contributed by atoms with Crippen molar-refractivity contribution in [2.24, 2.45) is 5.92 Å². The summed E-state index contributed by atoms with van der Waals surface area (Å²) >= 11 is 0. The minimum atomic E-state index is -0.247. The van der Waals surface area contributed by atoms with E-state index >= 15 is 0 Å². The molecule has 1 saturated heterocycles. The van der Waals surface area contributed by atoms with Crippen LogP contribution in [0.1, 0.15) is 34.5 Å². The molecule has 0 aliphatic carbocycles. The molecule has 0 radical (unpaired) electrons. The summed E-state index contributed by atoms with van der Waals surface area (Å²) in [5.74, 6) is 2.71. The molecule has 0 bridgehead atoms. The second kappa shape index (κ2) is 9.26. The molecule has 0 unspecified atom stereocenters. The molecule has 3 heterocycles. The van der Waals surface area contributed by atoms with Crippen LogP contribution >= 0.6 is 0 Å². The van der Waals surface area contributed by atoms with E-state index in [0.29, 0.717) is 23.9 Å². The van der Waals surface area contributed by atoms with Crippen molar-refractivity contribution >= 4 is 11.7 Å². The van der Waals surface area contributed by atoms with Crippen molar-refractivity contribution in [1.29, 1.82) is 0 Å². The summed E-state index contributed by atoms with van der Waals surface area (Å²) in [6, 6.07) is 19.9. The number of hydrogen-bond donors (Lipinski definition) is 1. The average molecular weight is 431 g/mol. The van der Waals surface area contributed by atoms with Gasteiger partial charge in [-0.25, -0.2) is 0 Å². The van der Waals surface area contributed by atoms with Crippen LogP contribution < -0.4 is 19.7 Å². The number of carbonyl (C=O) groups is 1. The Kier molecular flexibility index (Phi) is 5.87. The number of benzene rings is 2. The first kappa shape index (κ1) is 20.3. The van der Waals surface area contributed by atoms with Crippen molar-refractivity contribution in [2.75, 3.05) is 24.8 Å². The van der Waals surface area contributed by atoms with Gasteiger partial charge < -0.3 is 19.7 Å². The molecule has 7 heteroatoms. The van der Waals surface area contributed by atoms with E-state index in [1.807, 2.05) is 24.3 Å². The molecular weight excluding hydrogens is 404 g/mol. The molecule has 1 amide bonds. The molecule has 3 aromatic rings. The molecule has 1 aromatic heterocycles. The zero-order valence-corrected chi connectivity index (χ0v) is 17.9. The second-order valence-electron chi connectivity index (χ2n) is 8.27. The minimum absolute atomic E-state index is 0.234. The van der Waals surface area contributed by atoms with Gasteiger partial charge in [0.05, 0.1) is 0 Å². The summed E-state index contributed by atoms with van der Waals surface area (Å²) in [4.78, 5) is 14.7. The van der Waals surface area contributed by atoms with E-state index in [2.05, 4.69) is 50.7 Å². The van der Waals surface area contributed by atoms with Gasteiger partial charge in [0.25, 0.3) is 5.91 Å². The number of piperidine rings is 1. The van der Waals surface area contributed by atoms with Crippen LogP contribution in [-0.4, -0.2) is 36.0 Å². The number of aromatic nitrogens is 2. The molecular formula is C25H26N4O3. The third-order valence-electron chi connectivity index (χ3n) is 6.08. The molecule has 5 rings (SSSR count).